The van der Waals surface area contributed by atoms with Crippen LogP contribution in [-0.4, -0.2) is 14.8 Å². The second-order valence-electron chi connectivity index (χ2n) is 7.58. The van der Waals surface area contributed by atoms with Crippen LogP contribution in [-0.2, 0) is 11.3 Å². The molecule has 0 atom stereocenters. The van der Waals surface area contributed by atoms with Crippen LogP contribution in [0.25, 0.3) is 17.0 Å². The van der Waals surface area contributed by atoms with E-state index in [0.29, 0.717) is 26.5 Å². The monoisotopic (exact) mass is 530 g/mol. The van der Waals surface area contributed by atoms with Crippen LogP contribution >= 0.6 is 47.2 Å². The first-order valence-corrected chi connectivity index (χ1v) is 12.0. The maximum atomic E-state index is 13.6. The van der Waals surface area contributed by atoms with Crippen molar-refractivity contribution in [1.82, 2.24) is 4.57 Å². The van der Waals surface area contributed by atoms with E-state index in [4.69, 9.17) is 35.4 Å². The van der Waals surface area contributed by atoms with E-state index in [1.807, 2.05) is 35.0 Å². The molecule has 1 aliphatic heterocycles. The molecule has 1 aliphatic rings. The molecule has 3 aromatic carbocycles. The van der Waals surface area contributed by atoms with Gasteiger partial charge in [0.05, 0.1) is 15.6 Å². The van der Waals surface area contributed by atoms with Crippen LogP contribution in [0.5, 0.6) is 0 Å². The number of halogens is 4. The van der Waals surface area contributed by atoms with E-state index >= 15 is 0 Å². The number of hydrogen-bond acceptors (Lipinski definition) is 3. The van der Waals surface area contributed by atoms with Crippen molar-refractivity contribution in [2.45, 2.75) is 6.54 Å². The highest BCUT2D eigenvalue weighted by molar-refractivity contribution is 8.27. The van der Waals surface area contributed by atoms with Crippen molar-refractivity contribution in [3.05, 3.63) is 105 Å². The van der Waals surface area contributed by atoms with Crippen molar-refractivity contribution < 1.29 is 13.6 Å². The van der Waals surface area contributed by atoms with Gasteiger partial charge in [0.2, 0.25) is 0 Å². The zero-order chi connectivity index (χ0) is 24.0. The van der Waals surface area contributed by atoms with Gasteiger partial charge in [-0.05, 0) is 48.0 Å². The predicted octanol–water partition coefficient (Wildman–Crippen LogP) is 7.68. The minimum atomic E-state index is -0.569. The van der Waals surface area contributed by atoms with Crippen LogP contribution in [0, 0.1) is 11.6 Å². The molecule has 3 nitrogen and oxygen atoms in total. The molecular weight excluding hydrogens is 517 g/mol. The zero-order valence-electron chi connectivity index (χ0n) is 17.3. The third kappa shape index (κ3) is 4.25. The molecule has 5 rings (SSSR count). The number of fused-ring (bicyclic) bond motifs is 1. The van der Waals surface area contributed by atoms with Crippen molar-refractivity contribution >= 4 is 80.1 Å². The second-order valence-corrected chi connectivity index (χ2v) is 10.1. The molecule has 34 heavy (non-hydrogen) atoms. The van der Waals surface area contributed by atoms with Gasteiger partial charge in [0.15, 0.2) is 4.32 Å². The number of thioether (sulfide) groups is 1. The highest BCUT2D eigenvalue weighted by atomic mass is 35.5. The Balaban J connectivity index is 1.52. The van der Waals surface area contributed by atoms with E-state index < -0.39 is 11.6 Å². The minimum Gasteiger partial charge on any atom is -0.342 e. The summed E-state index contributed by atoms with van der Waals surface area (Å²) in [6, 6.07) is 16.1. The van der Waals surface area contributed by atoms with Crippen LogP contribution in [0.15, 0.2) is 71.8 Å². The Morgan fingerprint density at radius 1 is 1.00 bits per heavy atom. The van der Waals surface area contributed by atoms with Gasteiger partial charge in [-0.3, -0.25) is 9.69 Å². The largest absolute Gasteiger partial charge is 0.342 e. The van der Waals surface area contributed by atoms with Crippen molar-refractivity contribution in [2.24, 2.45) is 0 Å². The number of anilines is 1. The third-order valence-electron chi connectivity index (χ3n) is 5.42. The first-order valence-electron chi connectivity index (χ1n) is 10.1. The van der Waals surface area contributed by atoms with Gasteiger partial charge in [-0.25, -0.2) is 8.78 Å². The normalized spacial score (nSPS) is 15.2. The summed E-state index contributed by atoms with van der Waals surface area (Å²) in [6.07, 6.45) is 3.71. The van der Waals surface area contributed by atoms with Gasteiger partial charge >= 0.3 is 0 Å². The van der Waals surface area contributed by atoms with Crippen LogP contribution in [0.4, 0.5) is 14.5 Å². The molecule has 1 saturated heterocycles. The lowest BCUT2D eigenvalue weighted by molar-refractivity contribution is -0.113. The molecule has 0 saturated carbocycles. The summed E-state index contributed by atoms with van der Waals surface area (Å²) >= 11 is 18.7. The van der Waals surface area contributed by atoms with E-state index in [1.165, 1.54) is 47.0 Å². The summed E-state index contributed by atoms with van der Waals surface area (Å²) in [5.41, 5.74) is 2.95. The van der Waals surface area contributed by atoms with Gasteiger partial charge in [0, 0.05) is 34.2 Å². The molecule has 1 aromatic heterocycles. The molecule has 0 bridgehead atoms. The highest BCUT2D eigenvalue weighted by Crippen LogP contribution is 2.38. The molecule has 0 aliphatic carbocycles. The van der Waals surface area contributed by atoms with Gasteiger partial charge in [-0.1, -0.05) is 71.4 Å². The fourth-order valence-corrected chi connectivity index (χ4v) is 5.50. The molecule has 0 radical (unpaired) electrons. The Hall–Kier alpha value is -2.71. The number of nitrogens with zero attached hydrogens (tertiary/aromatic N) is 2. The molecule has 1 amide bonds. The Bertz CT molecular complexity index is 1520. The Kier molecular flexibility index (Phi) is 6.20. The standard InChI is InChI=1S/C25H14Cl2F2N2OS2/c26-19-10-16(28)6-5-14(19)12-30-13-15(18-3-1-2-4-22(18)30)9-23-24(32)31(25(33)34-23)17-7-8-21(29)20(27)11-17/h1-11,13H,12H2/b23-9-. The topological polar surface area (TPSA) is 25.2 Å². The van der Waals surface area contributed by atoms with Gasteiger partial charge in [0.25, 0.3) is 5.91 Å². The summed E-state index contributed by atoms with van der Waals surface area (Å²) in [5.74, 6) is -1.27. The summed E-state index contributed by atoms with van der Waals surface area (Å²) in [6.45, 7) is 0.433. The van der Waals surface area contributed by atoms with E-state index in [0.717, 1.165) is 22.0 Å². The molecule has 170 valence electrons. The quantitative estimate of drug-likeness (QED) is 0.200. The Morgan fingerprint density at radius 2 is 1.79 bits per heavy atom. The lowest BCUT2D eigenvalue weighted by Gasteiger charge is -2.14. The van der Waals surface area contributed by atoms with Crippen LogP contribution in [0.1, 0.15) is 11.1 Å². The summed E-state index contributed by atoms with van der Waals surface area (Å²) in [7, 11) is 0. The average Bonchev–Trinajstić information content (AvgIpc) is 3.29. The fraction of sp³-hybridized carbons (Fsp3) is 0.0400. The lowest BCUT2D eigenvalue weighted by atomic mass is 10.1. The number of thiocarbonyl (C=S) groups is 1. The number of carbonyl (C=O) groups excluding carboxylic acids is 1. The number of benzene rings is 3. The number of rotatable bonds is 4. The van der Waals surface area contributed by atoms with E-state index in [1.54, 1.807) is 12.1 Å². The maximum absolute atomic E-state index is 13.6. The Morgan fingerprint density at radius 3 is 2.56 bits per heavy atom. The maximum Gasteiger partial charge on any atom is 0.270 e. The first kappa shape index (κ1) is 23.1. The average molecular weight is 531 g/mol. The minimum absolute atomic E-state index is 0.0851. The fourth-order valence-electron chi connectivity index (χ4n) is 3.81. The van der Waals surface area contributed by atoms with Crippen molar-refractivity contribution in [2.75, 3.05) is 4.90 Å². The van der Waals surface area contributed by atoms with Crippen molar-refractivity contribution in [3.8, 4) is 0 Å². The van der Waals surface area contributed by atoms with E-state index in [-0.39, 0.29) is 10.9 Å². The first-order chi connectivity index (χ1) is 16.3. The molecule has 2 heterocycles. The molecule has 0 spiro atoms. The van der Waals surface area contributed by atoms with E-state index in [9.17, 15) is 13.6 Å². The highest BCUT2D eigenvalue weighted by Gasteiger charge is 2.33. The predicted molar refractivity (Wildman–Crippen MR) is 140 cm³/mol. The molecular formula is C25H14Cl2F2N2OS2. The van der Waals surface area contributed by atoms with Crippen LogP contribution in [0.2, 0.25) is 10.0 Å². The molecule has 1 fully saturated rings. The third-order valence-corrected chi connectivity index (χ3v) is 7.36. The number of hydrogen-bond donors (Lipinski definition) is 0. The number of carbonyl (C=O) groups is 1. The van der Waals surface area contributed by atoms with Gasteiger partial charge in [-0.15, -0.1) is 0 Å². The zero-order valence-corrected chi connectivity index (χ0v) is 20.4. The lowest BCUT2D eigenvalue weighted by Crippen LogP contribution is -2.27. The van der Waals surface area contributed by atoms with Crippen molar-refractivity contribution in [3.63, 3.8) is 0 Å². The van der Waals surface area contributed by atoms with Crippen LogP contribution < -0.4 is 4.90 Å². The number of amides is 1. The van der Waals surface area contributed by atoms with Gasteiger partial charge in [-0.2, -0.15) is 0 Å². The molecule has 9 heteroatoms. The molecule has 0 N–H and O–H groups in total. The SMILES string of the molecule is O=C1/C(=C/c2cn(Cc3ccc(F)cc3Cl)c3ccccc23)SC(=S)N1c1ccc(F)c(Cl)c1. The van der Waals surface area contributed by atoms with Gasteiger partial charge < -0.3 is 4.57 Å². The van der Waals surface area contributed by atoms with E-state index in [2.05, 4.69) is 0 Å². The molecule has 4 aromatic rings. The van der Waals surface area contributed by atoms with Crippen molar-refractivity contribution in [1.29, 1.82) is 0 Å². The smallest absolute Gasteiger partial charge is 0.270 e. The second kappa shape index (κ2) is 9.15. The van der Waals surface area contributed by atoms with Crippen LogP contribution in [0.3, 0.4) is 0 Å². The summed E-state index contributed by atoms with van der Waals surface area (Å²) < 4.78 is 29.4. The number of aromatic nitrogens is 1. The molecule has 0 unspecified atom stereocenters. The summed E-state index contributed by atoms with van der Waals surface area (Å²) in [5, 5.41) is 1.20. The number of para-hydroxylation sites is 1. The van der Waals surface area contributed by atoms with Gasteiger partial charge in [0.1, 0.15) is 11.6 Å². The Labute approximate surface area is 213 Å². The summed E-state index contributed by atoms with van der Waals surface area (Å²) in [4.78, 5) is 15.0.